The van der Waals surface area contributed by atoms with Crippen molar-refractivity contribution in [2.45, 2.75) is 25.9 Å². The van der Waals surface area contributed by atoms with Crippen LogP contribution >= 0.6 is 0 Å². The second-order valence-corrected chi connectivity index (χ2v) is 7.04. The van der Waals surface area contributed by atoms with Crippen molar-refractivity contribution in [3.63, 3.8) is 0 Å². The standard InChI is InChI=1S/C15H23N3O4S/c19-15(22-12-14-4-2-1-3-5-14)18-23(20,21)17-11-8-13-6-9-16-10-7-13/h1-5,13,16-17H,6-12H2,(H,18,19). The van der Waals surface area contributed by atoms with E-state index < -0.39 is 16.3 Å². The first-order valence-corrected chi connectivity index (χ1v) is 9.22. The van der Waals surface area contributed by atoms with Crippen LogP contribution in [-0.4, -0.2) is 34.1 Å². The fourth-order valence-electron chi connectivity index (χ4n) is 2.47. The van der Waals surface area contributed by atoms with Crippen LogP contribution in [0.3, 0.4) is 0 Å². The molecule has 2 rings (SSSR count). The van der Waals surface area contributed by atoms with Gasteiger partial charge in [0.2, 0.25) is 0 Å². The molecule has 8 heteroatoms. The highest BCUT2D eigenvalue weighted by Gasteiger charge is 2.17. The zero-order valence-corrected chi connectivity index (χ0v) is 13.8. The first-order valence-electron chi connectivity index (χ1n) is 7.74. The predicted molar refractivity (Wildman–Crippen MR) is 86.9 cm³/mol. The smallest absolute Gasteiger partial charge is 0.422 e. The number of hydrogen-bond donors (Lipinski definition) is 3. The molecule has 1 saturated heterocycles. The van der Waals surface area contributed by atoms with Gasteiger partial charge in [0.05, 0.1) is 0 Å². The Hall–Kier alpha value is -1.64. The van der Waals surface area contributed by atoms with E-state index in [4.69, 9.17) is 4.74 Å². The second kappa shape index (κ2) is 8.85. The fraction of sp³-hybridized carbons (Fsp3) is 0.533. The number of carbonyl (C=O) groups is 1. The highest BCUT2D eigenvalue weighted by Crippen LogP contribution is 2.14. The molecule has 1 aliphatic heterocycles. The van der Waals surface area contributed by atoms with Crippen molar-refractivity contribution in [1.29, 1.82) is 0 Å². The van der Waals surface area contributed by atoms with Gasteiger partial charge in [-0.2, -0.15) is 13.1 Å². The Morgan fingerprint density at radius 1 is 1.22 bits per heavy atom. The van der Waals surface area contributed by atoms with Gasteiger partial charge < -0.3 is 10.1 Å². The van der Waals surface area contributed by atoms with Gasteiger partial charge in [0.1, 0.15) is 6.61 Å². The van der Waals surface area contributed by atoms with Crippen LogP contribution in [0.2, 0.25) is 0 Å². The van der Waals surface area contributed by atoms with E-state index in [1.807, 2.05) is 22.9 Å². The zero-order chi connectivity index (χ0) is 16.5. The summed E-state index contributed by atoms with van der Waals surface area (Å²) in [4.78, 5) is 11.5. The molecule has 0 saturated carbocycles. The molecule has 0 unspecified atom stereocenters. The maximum atomic E-state index is 11.8. The molecular formula is C15H23N3O4S. The molecule has 1 amide bonds. The molecule has 0 radical (unpaired) electrons. The van der Waals surface area contributed by atoms with Crippen molar-refractivity contribution < 1.29 is 17.9 Å². The Balaban J connectivity index is 1.66. The molecule has 1 heterocycles. The number of piperidine rings is 1. The lowest BCUT2D eigenvalue weighted by atomic mass is 9.95. The van der Waals surface area contributed by atoms with E-state index in [-0.39, 0.29) is 6.61 Å². The monoisotopic (exact) mass is 341 g/mol. The van der Waals surface area contributed by atoms with E-state index in [9.17, 15) is 13.2 Å². The SMILES string of the molecule is O=C(NS(=O)(=O)NCCC1CCNCC1)OCc1ccccc1. The van der Waals surface area contributed by atoms with Gasteiger partial charge in [-0.3, -0.25) is 0 Å². The Bertz CT molecular complexity index is 586. The topological polar surface area (TPSA) is 96.5 Å². The Morgan fingerprint density at radius 3 is 2.61 bits per heavy atom. The van der Waals surface area contributed by atoms with Crippen LogP contribution < -0.4 is 14.8 Å². The third-order valence-corrected chi connectivity index (χ3v) is 4.75. The average molecular weight is 341 g/mol. The summed E-state index contributed by atoms with van der Waals surface area (Å²) in [6, 6.07) is 9.06. The lowest BCUT2D eigenvalue weighted by molar-refractivity contribution is 0.146. The summed E-state index contributed by atoms with van der Waals surface area (Å²) >= 11 is 0. The molecule has 3 N–H and O–H groups in total. The highest BCUT2D eigenvalue weighted by molar-refractivity contribution is 7.88. The van der Waals surface area contributed by atoms with E-state index in [0.717, 1.165) is 37.9 Å². The predicted octanol–water partition coefficient (Wildman–Crippen LogP) is 1.14. The van der Waals surface area contributed by atoms with E-state index in [1.54, 1.807) is 12.1 Å². The molecule has 0 aromatic heterocycles. The van der Waals surface area contributed by atoms with E-state index in [1.165, 1.54) is 0 Å². The lowest BCUT2D eigenvalue weighted by Gasteiger charge is -2.22. The maximum Gasteiger partial charge on any atom is 0.422 e. The lowest BCUT2D eigenvalue weighted by Crippen LogP contribution is -2.41. The summed E-state index contributed by atoms with van der Waals surface area (Å²) in [6.07, 6.45) is 1.88. The minimum atomic E-state index is -3.88. The van der Waals surface area contributed by atoms with Crippen molar-refractivity contribution in [3.05, 3.63) is 35.9 Å². The number of nitrogens with one attached hydrogen (secondary N) is 3. The maximum absolute atomic E-state index is 11.8. The molecule has 1 aromatic carbocycles. The van der Waals surface area contributed by atoms with E-state index in [0.29, 0.717) is 12.5 Å². The fourth-order valence-corrected chi connectivity index (χ4v) is 3.20. The van der Waals surface area contributed by atoms with E-state index in [2.05, 4.69) is 10.0 Å². The summed E-state index contributed by atoms with van der Waals surface area (Å²) in [6.45, 7) is 2.28. The molecule has 0 bridgehead atoms. The highest BCUT2D eigenvalue weighted by atomic mass is 32.2. The van der Waals surface area contributed by atoms with Crippen molar-refractivity contribution in [2.24, 2.45) is 5.92 Å². The first kappa shape index (κ1) is 17.7. The number of carbonyl (C=O) groups excluding carboxylic acids is 1. The molecule has 0 aliphatic carbocycles. The Labute approximate surface area is 137 Å². The van der Waals surface area contributed by atoms with Gasteiger partial charge >= 0.3 is 16.3 Å². The van der Waals surface area contributed by atoms with Crippen LogP contribution in [0.4, 0.5) is 4.79 Å². The van der Waals surface area contributed by atoms with Gasteiger partial charge in [0, 0.05) is 6.54 Å². The normalized spacial score (nSPS) is 16.0. The van der Waals surface area contributed by atoms with Crippen LogP contribution in [0, 0.1) is 5.92 Å². The summed E-state index contributed by atoms with van der Waals surface area (Å²) in [5.74, 6) is 0.518. The summed E-state index contributed by atoms with van der Waals surface area (Å²) in [7, 11) is -3.88. The molecule has 7 nitrogen and oxygen atoms in total. The van der Waals surface area contributed by atoms with Gasteiger partial charge in [-0.05, 0) is 43.8 Å². The molecule has 1 aliphatic rings. The molecular weight excluding hydrogens is 318 g/mol. The number of rotatable bonds is 7. The third kappa shape index (κ3) is 6.98. The molecule has 23 heavy (non-hydrogen) atoms. The van der Waals surface area contributed by atoms with Gasteiger partial charge in [-0.25, -0.2) is 9.52 Å². The molecule has 0 atom stereocenters. The summed E-state index contributed by atoms with van der Waals surface area (Å²) in [5.41, 5.74) is 0.791. The van der Waals surface area contributed by atoms with Crippen LogP contribution in [-0.2, 0) is 21.6 Å². The van der Waals surface area contributed by atoms with Gasteiger partial charge in [0.15, 0.2) is 0 Å². The van der Waals surface area contributed by atoms with Crippen LogP contribution in [0.1, 0.15) is 24.8 Å². The number of hydrogen-bond acceptors (Lipinski definition) is 5. The summed E-state index contributed by atoms with van der Waals surface area (Å²) in [5, 5.41) is 3.26. The quantitative estimate of drug-likeness (QED) is 0.691. The largest absolute Gasteiger partial charge is 0.444 e. The van der Waals surface area contributed by atoms with Crippen LogP contribution in [0.25, 0.3) is 0 Å². The van der Waals surface area contributed by atoms with Crippen molar-refractivity contribution in [2.75, 3.05) is 19.6 Å². The zero-order valence-electron chi connectivity index (χ0n) is 13.0. The minimum Gasteiger partial charge on any atom is -0.444 e. The van der Waals surface area contributed by atoms with Crippen LogP contribution in [0.5, 0.6) is 0 Å². The second-order valence-electron chi connectivity index (χ2n) is 5.54. The number of amides is 1. The van der Waals surface area contributed by atoms with E-state index >= 15 is 0 Å². The molecule has 128 valence electrons. The minimum absolute atomic E-state index is 0.0251. The molecule has 1 aromatic rings. The van der Waals surface area contributed by atoms with Gasteiger partial charge in [0.25, 0.3) is 0 Å². The van der Waals surface area contributed by atoms with Gasteiger partial charge in [-0.1, -0.05) is 30.3 Å². The van der Waals surface area contributed by atoms with Crippen molar-refractivity contribution >= 4 is 16.3 Å². The molecule has 1 fully saturated rings. The van der Waals surface area contributed by atoms with Crippen molar-refractivity contribution in [3.8, 4) is 0 Å². The third-order valence-electron chi connectivity index (χ3n) is 3.73. The number of ether oxygens (including phenoxy) is 1. The molecule has 0 spiro atoms. The Kier molecular flexibility index (Phi) is 6.82. The van der Waals surface area contributed by atoms with Crippen molar-refractivity contribution in [1.82, 2.24) is 14.8 Å². The average Bonchev–Trinajstić information content (AvgIpc) is 2.54. The van der Waals surface area contributed by atoms with Crippen LogP contribution in [0.15, 0.2) is 30.3 Å². The number of benzene rings is 1. The Morgan fingerprint density at radius 2 is 1.91 bits per heavy atom. The van der Waals surface area contributed by atoms with Gasteiger partial charge in [-0.15, -0.1) is 0 Å². The first-order chi connectivity index (χ1) is 11.1. The summed E-state index contributed by atoms with van der Waals surface area (Å²) < 4.78 is 32.6.